The number of rotatable bonds is 7. The van der Waals surface area contributed by atoms with Crippen LogP contribution in [0.25, 0.3) is 11.3 Å². The second kappa shape index (κ2) is 9.55. The Morgan fingerprint density at radius 2 is 1.67 bits per heavy atom. The average Bonchev–Trinajstić information content (AvgIpc) is 3.36. The lowest BCUT2D eigenvalue weighted by Gasteiger charge is -2.18. The van der Waals surface area contributed by atoms with Gasteiger partial charge in [0.1, 0.15) is 10.6 Å². The van der Waals surface area contributed by atoms with Gasteiger partial charge in [-0.1, -0.05) is 0 Å². The highest BCUT2D eigenvalue weighted by Gasteiger charge is 2.30. The topological polar surface area (TPSA) is 114 Å². The fourth-order valence-electron chi connectivity index (χ4n) is 3.65. The van der Waals surface area contributed by atoms with Gasteiger partial charge >= 0.3 is 0 Å². The number of ether oxygens (including phenoxy) is 1. The van der Waals surface area contributed by atoms with Crippen molar-refractivity contribution in [3.05, 3.63) is 54.6 Å². The molecule has 0 spiro atoms. The Balaban J connectivity index is 1.54. The number of nitrogens with one attached hydrogen (secondary N) is 2. The molecule has 172 valence electrons. The third-order valence-electron chi connectivity index (χ3n) is 5.28. The van der Waals surface area contributed by atoms with Gasteiger partial charge in [-0.05, 0) is 67.4 Å². The molecule has 10 heteroatoms. The van der Waals surface area contributed by atoms with Gasteiger partial charge in [0.15, 0.2) is 5.82 Å². The lowest BCUT2D eigenvalue weighted by atomic mass is 10.1. The lowest BCUT2D eigenvalue weighted by molar-refractivity contribution is -0.114. The van der Waals surface area contributed by atoms with Crippen molar-refractivity contribution in [2.45, 2.75) is 24.7 Å². The number of carbonyl (C=O) groups excluding carboxylic acids is 1. The predicted octanol–water partition coefficient (Wildman–Crippen LogP) is 3.64. The summed E-state index contributed by atoms with van der Waals surface area (Å²) in [6.07, 6.45) is 1.72. The number of nitrogens with zero attached hydrogens (tertiary/aromatic N) is 3. The summed E-state index contributed by atoms with van der Waals surface area (Å²) in [6.45, 7) is 2.49. The van der Waals surface area contributed by atoms with E-state index in [1.807, 2.05) is 12.1 Å². The van der Waals surface area contributed by atoms with Crippen LogP contribution in [0.5, 0.6) is 5.75 Å². The molecule has 33 heavy (non-hydrogen) atoms. The van der Waals surface area contributed by atoms with Gasteiger partial charge in [-0.2, -0.15) is 4.31 Å². The first-order chi connectivity index (χ1) is 15.9. The largest absolute Gasteiger partial charge is 0.495 e. The average molecular weight is 468 g/mol. The molecule has 1 fully saturated rings. The van der Waals surface area contributed by atoms with E-state index < -0.39 is 10.0 Å². The van der Waals surface area contributed by atoms with Crippen LogP contribution in [0.4, 0.5) is 17.2 Å². The van der Waals surface area contributed by atoms with E-state index in [1.165, 1.54) is 18.3 Å². The van der Waals surface area contributed by atoms with E-state index in [4.69, 9.17) is 4.74 Å². The van der Waals surface area contributed by atoms with Crippen LogP contribution in [0.3, 0.4) is 0 Å². The minimum atomic E-state index is -3.65. The Kier molecular flexibility index (Phi) is 6.57. The molecule has 1 aliphatic heterocycles. The summed E-state index contributed by atoms with van der Waals surface area (Å²) >= 11 is 0. The molecule has 3 aromatic rings. The first-order valence-corrected chi connectivity index (χ1v) is 12.0. The molecule has 0 unspecified atom stereocenters. The van der Waals surface area contributed by atoms with Crippen LogP contribution < -0.4 is 15.4 Å². The number of benzene rings is 2. The zero-order chi connectivity index (χ0) is 23.4. The highest BCUT2D eigenvalue weighted by atomic mass is 32.2. The number of hydrogen-bond acceptors (Lipinski definition) is 7. The first kappa shape index (κ1) is 22.7. The van der Waals surface area contributed by atoms with E-state index in [2.05, 4.69) is 20.8 Å². The second-order valence-corrected chi connectivity index (χ2v) is 9.57. The number of amides is 1. The minimum absolute atomic E-state index is 0.132. The van der Waals surface area contributed by atoms with E-state index >= 15 is 0 Å². The predicted molar refractivity (Wildman–Crippen MR) is 126 cm³/mol. The molecule has 2 heterocycles. The Hall–Kier alpha value is -3.50. The van der Waals surface area contributed by atoms with Crippen LogP contribution in [-0.4, -0.2) is 49.0 Å². The molecule has 1 aromatic heterocycles. The Morgan fingerprint density at radius 3 is 2.27 bits per heavy atom. The van der Waals surface area contributed by atoms with Crippen molar-refractivity contribution in [3.8, 4) is 17.0 Å². The number of aromatic nitrogens is 2. The Bertz CT molecular complexity index is 1240. The van der Waals surface area contributed by atoms with Gasteiger partial charge in [-0.25, -0.2) is 8.42 Å². The van der Waals surface area contributed by atoms with Gasteiger partial charge < -0.3 is 15.4 Å². The van der Waals surface area contributed by atoms with Crippen molar-refractivity contribution in [2.24, 2.45) is 0 Å². The molecule has 4 rings (SSSR count). The molecule has 1 amide bonds. The van der Waals surface area contributed by atoms with Crippen LogP contribution in [0.2, 0.25) is 0 Å². The third-order valence-corrected chi connectivity index (χ3v) is 7.20. The lowest BCUT2D eigenvalue weighted by Crippen LogP contribution is -2.28. The maximum atomic E-state index is 13.1. The zero-order valence-electron chi connectivity index (χ0n) is 18.4. The van der Waals surface area contributed by atoms with Crippen molar-refractivity contribution in [2.75, 3.05) is 30.8 Å². The van der Waals surface area contributed by atoms with E-state index in [0.29, 0.717) is 41.6 Å². The van der Waals surface area contributed by atoms with Gasteiger partial charge in [0, 0.05) is 37.0 Å². The van der Waals surface area contributed by atoms with E-state index in [-0.39, 0.29) is 10.8 Å². The number of hydrogen-bond donors (Lipinski definition) is 2. The summed E-state index contributed by atoms with van der Waals surface area (Å²) in [6, 6.07) is 15.7. The van der Waals surface area contributed by atoms with Crippen LogP contribution in [0.15, 0.2) is 59.5 Å². The summed E-state index contributed by atoms with van der Waals surface area (Å²) in [5.41, 5.74) is 2.66. The number of methoxy groups -OCH3 is 1. The van der Waals surface area contributed by atoms with Gasteiger partial charge in [-0.15, -0.1) is 10.2 Å². The molecule has 1 saturated heterocycles. The van der Waals surface area contributed by atoms with Gasteiger partial charge in [-0.3, -0.25) is 4.79 Å². The van der Waals surface area contributed by atoms with Crippen molar-refractivity contribution in [3.63, 3.8) is 0 Å². The summed E-state index contributed by atoms with van der Waals surface area (Å²) in [7, 11) is -2.19. The Morgan fingerprint density at radius 1 is 0.970 bits per heavy atom. The summed E-state index contributed by atoms with van der Waals surface area (Å²) < 4.78 is 33.0. The quantitative estimate of drug-likeness (QED) is 0.545. The molecule has 0 radical (unpaired) electrons. The maximum Gasteiger partial charge on any atom is 0.246 e. The molecular weight excluding hydrogens is 442 g/mol. The van der Waals surface area contributed by atoms with Crippen molar-refractivity contribution < 1.29 is 17.9 Å². The normalized spacial score (nSPS) is 14.1. The standard InChI is InChI=1S/C23H25N5O4S/c1-16(29)24-18-6-8-19(9-7-18)25-23-12-10-20(26-27-23)17-5-11-21(32-2)22(15-17)33(30,31)28-13-3-4-14-28/h5-12,15H,3-4,13-14H2,1-2H3,(H,24,29)(H,25,27). The molecule has 9 nitrogen and oxygen atoms in total. The molecule has 0 aliphatic carbocycles. The summed E-state index contributed by atoms with van der Waals surface area (Å²) in [5, 5.41) is 14.3. The van der Waals surface area contributed by atoms with Crippen molar-refractivity contribution >= 4 is 33.1 Å². The second-order valence-electron chi connectivity index (χ2n) is 7.66. The summed E-state index contributed by atoms with van der Waals surface area (Å²) in [4.78, 5) is 11.3. The highest BCUT2D eigenvalue weighted by Crippen LogP contribution is 2.32. The number of sulfonamides is 1. The molecule has 2 aromatic carbocycles. The highest BCUT2D eigenvalue weighted by molar-refractivity contribution is 7.89. The molecule has 2 N–H and O–H groups in total. The SMILES string of the molecule is COc1ccc(-c2ccc(Nc3ccc(NC(C)=O)cc3)nn2)cc1S(=O)(=O)N1CCCC1. The van der Waals surface area contributed by atoms with Gasteiger partial charge in [0.05, 0.1) is 12.8 Å². The van der Waals surface area contributed by atoms with Crippen molar-refractivity contribution in [1.29, 1.82) is 0 Å². The van der Waals surface area contributed by atoms with E-state index in [0.717, 1.165) is 18.5 Å². The van der Waals surface area contributed by atoms with Crippen LogP contribution in [0.1, 0.15) is 19.8 Å². The van der Waals surface area contributed by atoms with Crippen LogP contribution in [0, 0.1) is 0 Å². The maximum absolute atomic E-state index is 13.1. The fraction of sp³-hybridized carbons (Fsp3) is 0.261. The molecule has 0 bridgehead atoms. The van der Waals surface area contributed by atoms with E-state index in [9.17, 15) is 13.2 Å². The Labute approximate surface area is 192 Å². The van der Waals surface area contributed by atoms with Crippen molar-refractivity contribution in [1.82, 2.24) is 14.5 Å². The molecule has 1 aliphatic rings. The number of carbonyl (C=O) groups is 1. The van der Waals surface area contributed by atoms with Gasteiger partial charge in [0.25, 0.3) is 0 Å². The zero-order valence-corrected chi connectivity index (χ0v) is 19.2. The fourth-order valence-corrected chi connectivity index (χ4v) is 5.34. The first-order valence-electron chi connectivity index (χ1n) is 10.5. The van der Waals surface area contributed by atoms with E-state index in [1.54, 1.807) is 42.5 Å². The number of anilines is 3. The third kappa shape index (κ3) is 5.12. The van der Waals surface area contributed by atoms with Crippen LogP contribution in [-0.2, 0) is 14.8 Å². The minimum Gasteiger partial charge on any atom is -0.495 e. The summed E-state index contributed by atoms with van der Waals surface area (Å²) in [5.74, 6) is 0.705. The molecular formula is C23H25N5O4S. The monoisotopic (exact) mass is 467 g/mol. The van der Waals surface area contributed by atoms with Gasteiger partial charge in [0.2, 0.25) is 15.9 Å². The van der Waals surface area contributed by atoms with Crippen LogP contribution >= 0.6 is 0 Å². The smallest absolute Gasteiger partial charge is 0.246 e. The molecule has 0 atom stereocenters. The molecule has 0 saturated carbocycles.